The highest BCUT2D eigenvalue weighted by molar-refractivity contribution is 5.90. The monoisotopic (exact) mass is 234 g/mol. The third kappa shape index (κ3) is 2.38. The minimum absolute atomic E-state index is 0.223. The molecule has 1 aliphatic rings. The number of β-lactam (4-membered cyclic amide) rings is 1. The third-order valence-electron chi connectivity index (χ3n) is 2.87. The van der Waals surface area contributed by atoms with Gasteiger partial charge in [0.1, 0.15) is 6.04 Å². The number of carbonyl (C=O) groups excluding carboxylic acids is 1. The van der Waals surface area contributed by atoms with Crippen molar-refractivity contribution in [1.82, 2.24) is 10.2 Å². The summed E-state index contributed by atoms with van der Waals surface area (Å²) >= 11 is 0. The van der Waals surface area contributed by atoms with Crippen LogP contribution in [-0.2, 0) is 11.3 Å². The molecule has 90 valence electrons. The zero-order valence-electron chi connectivity index (χ0n) is 9.51. The summed E-state index contributed by atoms with van der Waals surface area (Å²) in [5.41, 5.74) is 2.01. The molecule has 1 saturated heterocycles. The fourth-order valence-corrected chi connectivity index (χ4v) is 1.73. The molecule has 1 heterocycles. The first kappa shape index (κ1) is 11.4. The third-order valence-corrected chi connectivity index (χ3v) is 2.87. The van der Waals surface area contributed by atoms with Gasteiger partial charge >= 0.3 is 6.09 Å². The molecule has 0 aromatic heterocycles. The topological polar surface area (TPSA) is 69.6 Å². The molecule has 0 saturated carbocycles. The van der Waals surface area contributed by atoms with Crippen molar-refractivity contribution >= 4 is 12.0 Å². The molecule has 1 aromatic carbocycles. The number of carboxylic acid groups (broad SMARTS) is 1. The molecule has 17 heavy (non-hydrogen) atoms. The van der Waals surface area contributed by atoms with Gasteiger partial charge in [-0.1, -0.05) is 29.8 Å². The van der Waals surface area contributed by atoms with Gasteiger partial charge in [0.15, 0.2) is 0 Å². The molecule has 0 bridgehead atoms. The summed E-state index contributed by atoms with van der Waals surface area (Å²) in [6.45, 7) is 2.61. The van der Waals surface area contributed by atoms with E-state index >= 15 is 0 Å². The first-order chi connectivity index (χ1) is 8.08. The van der Waals surface area contributed by atoms with Crippen LogP contribution in [0.15, 0.2) is 24.3 Å². The van der Waals surface area contributed by atoms with Crippen molar-refractivity contribution in [2.24, 2.45) is 0 Å². The molecule has 0 unspecified atom stereocenters. The van der Waals surface area contributed by atoms with E-state index in [9.17, 15) is 9.59 Å². The number of aryl methyl sites for hydroxylation is 1. The fraction of sp³-hybridized carbons (Fsp3) is 0.333. The van der Waals surface area contributed by atoms with Crippen molar-refractivity contribution in [2.75, 3.05) is 6.54 Å². The summed E-state index contributed by atoms with van der Waals surface area (Å²) < 4.78 is 0. The highest BCUT2D eigenvalue weighted by Gasteiger charge is 2.36. The maximum Gasteiger partial charge on any atom is 0.408 e. The largest absolute Gasteiger partial charge is 0.465 e. The number of nitrogens with one attached hydrogen (secondary N) is 1. The summed E-state index contributed by atoms with van der Waals surface area (Å²) in [4.78, 5) is 23.5. The molecule has 0 aliphatic carbocycles. The Morgan fingerprint density at radius 2 is 2.12 bits per heavy atom. The zero-order valence-corrected chi connectivity index (χ0v) is 9.51. The Labute approximate surface area is 99.0 Å². The van der Waals surface area contributed by atoms with Crippen molar-refractivity contribution in [2.45, 2.75) is 19.5 Å². The average Bonchev–Trinajstić information content (AvgIpc) is 2.29. The van der Waals surface area contributed by atoms with Gasteiger partial charge in [-0.25, -0.2) is 4.79 Å². The van der Waals surface area contributed by atoms with Crippen LogP contribution in [0.5, 0.6) is 0 Å². The van der Waals surface area contributed by atoms with Crippen LogP contribution in [0, 0.1) is 6.92 Å². The number of rotatable bonds is 3. The second kappa shape index (κ2) is 4.45. The van der Waals surface area contributed by atoms with Crippen molar-refractivity contribution in [1.29, 1.82) is 0 Å². The Bertz CT molecular complexity index is 442. The maximum atomic E-state index is 11.2. The van der Waals surface area contributed by atoms with Crippen LogP contribution in [-0.4, -0.2) is 34.6 Å². The average molecular weight is 234 g/mol. The van der Waals surface area contributed by atoms with Gasteiger partial charge in [-0.05, 0) is 12.5 Å². The molecule has 5 nitrogen and oxygen atoms in total. The van der Waals surface area contributed by atoms with Crippen LogP contribution >= 0.6 is 0 Å². The number of hydrogen-bond donors (Lipinski definition) is 2. The Hall–Kier alpha value is -2.04. The molecule has 5 heteroatoms. The quantitative estimate of drug-likeness (QED) is 0.766. The normalized spacial score (nSPS) is 18.2. The second-order valence-corrected chi connectivity index (χ2v) is 4.16. The van der Waals surface area contributed by atoms with Gasteiger partial charge < -0.3 is 10.4 Å². The standard InChI is InChI=1S/C12H14N2O3/c1-8-2-4-9(5-3-8)7-14(12(16)17)10-6-13-11(10)15/h2-5,10H,6-7H2,1H3,(H,13,15)(H,16,17)/t10-/m0/s1. The Morgan fingerprint density at radius 1 is 1.47 bits per heavy atom. The van der Waals surface area contributed by atoms with Crippen LogP contribution in [0.3, 0.4) is 0 Å². The molecule has 0 radical (unpaired) electrons. The predicted molar refractivity (Wildman–Crippen MR) is 61.5 cm³/mol. The van der Waals surface area contributed by atoms with Crippen molar-refractivity contribution < 1.29 is 14.7 Å². The van der Waals surface area contributed by atoms with Crippen LogP contribution in [0.2, 0.25) is 0 Å². The molecule has 1 aliphatic heterocycles. The van der Waals surface area contributed by atoms with E-state index in [1.165, 1.54) is 4.90 Å². The molecule has 0 spiro atoms. The lowest BCUT2D eigenvalue weighted by Gasteiger charge is -2.34. The SMILES string of the molecule is Cc1ccc(CN(C(=O)O)[C@H]2CNC2=O)cc1. The van der Waals surface area contributed by atoms with Crippen molar-refractivity contribution in [3.8, 4) is 0 Å². The fourth-order valence-electron chi connectivity index (χ4n) is 1.73. The van der Waals surface area contributed by atoms with E-state index in [1.807, 2.05) is 31.2 Å². The molecule has 1 aromatic rings. The summed E-state index contributed by atoms with van der Waals surface area (Å²) in [5, 5.41) is 11.6. The summed E-state index contributed by atoms with van der Waals surface area (Å²) in [5.74, 6) is -0.223. The van der Waals surface area contributed by atoms with Gasteiger partial charge in [0.05, 0.1) is 0 Å². The van der Waals surface area contributed by atoms with E-state index in [-0.39, 0.29) is 12.5 Å². The van der Waals surface area contributed by atoms with E-state index in [1.54, 1.807) is 0 Å². The lowest BCUT2D eigenvalue weighted by molar-refractivity contribution is -0.132. The lowest BCUT2D eigenvalue weighted by atomic mass is 10.1. The summed E-state index contributed by atoms with van der Waals surface area (Å²) in [7, 11) is 0. The lowest BCUT2D eigenvalue weighted by Crippen LogP contribution is -2.62. The first-order valence-corrected chi connectivity index (χ1v) is 5.41. The number of nitrogens with zero attached hydrogens (tertiary/aromatic N) is 1. The Morgan fingerprint density at radius 3 is 2.53 bits per heavy atom. The van der Waals surface area contributed by atoms with E-state index in [4.69, 9.17) is 5.11 Å². The first-order valence-electron chi connectivity index (χ1n) is 5.41. The van der Waals surface area contributed by atoms with Gasteiger partial charge in [0.25, 0.3) is 0 Å². The van der Waals surface area contributed by atoms with Gasteiger partial charge in [-0.3, -0.25) is 9.69 Å². The summed E-state index contributed by atoms with van der Waals surface area (Å²) in [6, 6.07) is 7.06. The van der Waals surface area contributed by atoms with Crippen LogP contribution < -0.4 is 5.32 Å². The minimum Gasteiger partial charge on any atom is -0.465 e. The van der Waals surface area contributed by atoms with Gasteiger partial charge in [-0.15, -0.1) is 0 Å². The minimum atomic E-state index is -1.06. The van der Waals surface area contributed by atoms with Crippen molar-refractivity contribution in [3.63, 3.8) is 0 Å². The van der Waals surface area contributed by atoms with Crippen LogP contribution in [0.4, 0.5) is 4.79 Å². The van der Waals surface area contributed by atoms with Crippen LogP contribution in [0.1, 0.15) is 11.1 Å². The number of hydrogen-bond acceptors (Lipinski definition) is 2. The zero-order chi connectivity index (χ0) is 12.4. The molecule has 2 N–H and O–H groups in total. The summed E-state index contributed by atoms with van der Waals surface area (Å²) in [6.07, 6.45) is -1.06. The van der Waals surface area contributed by atoms with E-state index in [2.05, 4.69) is 5.32 Å². The van der Waals surface area contributed by atoms with E-state index in [0.29, 0.717) is 6.54 Å². The Balaban J connectivity index is 2.10. The van der Waals surface area contributed by atoms with Crippen molar-refractivity contribution in [3.05, 3.63) is 35.4 Å². The number of amides is 2. The van der Waals surface area contributed by atoms with Gasteiger partial charge in [0, 0.05) is 13.1 Å². The molecular formula is C12H14N2O3. The van der Waals surface area contributed by atoms with Gasteiger partial charge in [0.2, 0.25) is 5.91 Å². The molecule has 2 rings (SSSR count). The van der Waals surface area contributed by atoms with E-state index in [0.717, 1.165) is 11.1 Å². The molecule has 2 amide bonds. The maximum absolute atomic E-state index is 11.2. The molecule has 1 fully saturated rings. The predicted octanol–water partition coefficient (Wildman–Crippen LogP) is 0.973. The number of carbonyl (C=O) groups is 2. The van der Waals surface area contributed by atoms with E-state index < -0.39 is 12.1 Å². The van der Waals surface area contributed by atoms with Crippen LogP contribution in [0.25, 0.3) is 0 Å². The second-order valence-electron chi connectivity index (χ2n) is 4.16. The highest BCUT2D eigenvalue weighted by Crippen LogP contribution is 2.13. The Kier molecular flexibility index (Phi) is 2.99. The highest BCUT2D eigenvalue weighted by atomic mass is 16.4. The molecule has 1 atom stereocenters. The number of benzene rings is 1. The molecular weight excluding hydrogens is 220 g/mol. The smallest absolute Gasteiger partial charge is 0.408 e. The van der Waals surface area contributed by atoms with Gasteiger partial charge in [-0.2, -0.15) is 0 Å².